The second kappa shape index (κ2) is 12.9. The van der Waals surface area contributed by atoms with Gasteiger partial charge in [0.15, 0.2) is 6.61 Å². The first-order valence-electron chi connectivity index (χ1n) is 12.3. The average Bonchev–Trinajstić information content (AvgIpc) is 2.82. The summed E-state index contributed by atoms with van der Waals surface area (Å²) in [5.74, 6) is -0.688. The largest absolute Gasteiger partial charge is 0.482 e. The summed E-state index contributed by atoms with van der Waals surface area (Å²) in [6.07, 6.45) is -0.715. The Morgan fingerprint density at radius 3 is 2.47 bits per heavy atom. The van der Waals surface area contributed by atoms with E-state index in [1.807, 2.05) is 6.92 Å². The number of ether oxygens (including phenoxy) is 2. The number of carbonyl (C=O) groups is 3. The van der Waals surface area contributed by atoms with Crippen LogP contribution in [-0.4, -0.2) is 72.1 Å². The van der Waals surface area contributed by atoms with Gasteiger partial charge in [-0.1, -0.05) is 23.7 Å². The number of rotatable bonds is 8. The Balaban J connectivity index is 1.51. The van der Waals surface area contributed by atoms with E-state index < -0.39 is 17.6 Å². The molecule has 3 rings (SSSR count). The van der Waals surface area contributed by atoms with Crippen molar-refractivity contribution in [3.8, 4) is 5.75 Å². The minimum Gasteiger partial charge on any atom is -0.482 e. The maximum absolute atomic E-state index is 13.2. The summed E-state index contributed by atoms with van der Waals surface area (Å²) in [5.41, 5.74) is 0.604. The van der Waals surface area contributed by atoms with Crippen LogP contribution in [0.15, 0.2) is 42.5 Å². The molecule has 0 aliphatic carbocycles. The van der Waals surface area contributed by atoms with Crippen LogP contribution in [0.5, 0.6) is 5.75 Å². The molecule has 1 fully saturated rings. The van der Waals surface area contributed by atoms with E-state index in [9.17, 15) is 18.8 Å². The van der Waals surface area contributed by atoms with Gasteiger partial charge in [0.25, 0.3) is 5.91 Å². The van der Waals surface area contributed by atoms with Crippen molar-refractivity contribution in [1.29, 1.82) is 0 Å². The minimum absolute atomic E-state index is 0.0383. The monoisotopic (exact) mass is 548 g/mol. The SMILES string of the molecule is C[C@@H]1CN(Cc2ccc(F)cc2)CCN1C(=O)COc1ccc(Cl)cc1NC(=O)CNC(=O)OC(C)(C)C. The topological polar surface area (TPSA) is 100 Å². The van der Waals surface area contributed by atoms with E-state index in [1.165, 1.54) is 18.2 Å². The van der Waals surface area contributed by atoms with Crippen molar-refractivity contribution in [3.05, 3.63) is 58.9 Å². The number of halogens is 2. The van der Waals surface area contributed by atoms with Crippen LogP contribution >= 0.6 is 11.6 Å². The highest BCUT2D eigenvalue weighted by Gasteiger charge is 2.28. The van der Waals surface area contributed by atoms with Crippen molar-refractivity contribution in [1.82, 2.24) is 15.1 Å². The average molecular weight is 549 g/mol. The van der Waals surface area contributed by atoms with Crippen LogP contribution in [-0.2, 0) is 20.9 Å². The fraction of sp³-hybridized carbons (Fsp3) is 0.444. The standard InChI is InChI=1S/C27H34ClFN4O5/c1-18-15-32(16-19-5-8-21(29)9-6-19)11-12-33(18)25(35)17-37-23-10-7-20(28)13-22(23)31-24(34)14-30-26(36)38-27(2,3)4/h5-10,13,18H,11-12,14-17H2,1-4H3,(H,30,36)(H,31,34)/t18-/m1/s1. The summed E-state index contributed by atoms with van der Waals surface area (Å²) in [6.45, 7) is 9.17. The smallest absolute Gasteiger partial charge is 0.408 e. The van der Waals surface area contributed by atoms with Crippen molar-refractivity contribution in [2.75, 3.05) is 38.1 Å². The summed E-state index contributed by atoms with van der Waals surface area (Å²) in [4.78, 5) is 41.1. The zero-order valence-electron chi connectivity index (χ0n) is 22.1. The lowest BCUT2D eigenvalue weighted by Crippen LogP contribution is -2.54. The van der Waals surface area contributed by atoms with Gasteiger partial charge in [0.2, 0.25) is 5.91 Å². The van der Waals surface area contributed by atoms with E-state index in [4.69, 9.17) is 21.1 Å². The summed E-state index contributed by atoms with van der Waals surface area (Å²) in [7, 11) is 0. The number of hydrogen-bond acceptors (Lipinski definition) is 6. The van der Waals surface area contributed by atoms with E-state index in [0.29, 0.717) is 31.2 Å². The first kappa shape index (κ1) is 29.2. The molecule has 1 atom stereocenters. The van der Waals surface area contributed by atoms with Crippen LogP contribution in [0.2, 0.25) is 5.02 Å². The molecule has 38 heavy (non-hydrogen) atoms. The second-order valence-corrected chi connectivity index (χ2v) is 10.6. The first-order chi connectivity index (χ1) is 17.9. The van der Waals surface area contributed by atoms with E-state index in [-0.39, 0.29) is 42.4 Å². The normalized spacial score (nSPS) is 16.1. The third-order valence-corrected chi connectivity index (χ3v) is 5.95. The molecule has 0 spiro atoms. The fourth-order valence-electron chi connectivity index (χ4n) is 4.00. The number of alkyl carbamates (subject to hydrolysis) is 1. The van der Waals surface area contributed by atoms with Gasteiger partial charge >= 0.3 is 6.09 Å². The third kappa shape index (κ3) is 9.18. The van der Waals surface area contributed by atoms with Gasteiger partial charge < -0.3 is 25.0 Å². The molecule has 0 unspecified atom stereocenters. The van der Waals surface area contributed by atoms with Crippen LogP contribution in [0.4, 0.5) is 14.9 Å². The van der Waals surface area contributed by atoms with Gasteiger partial charge in [-0.3, -0.25) is 14.5 Å². The Kier molecular flexibility index (Phi) is 9.93. The molecule has 9 nitrogen and oxygen atoms in total. The predicted octanol–water partition coefficient (Wildman–Crippen LogP) is 4.05. The Bertz CT molecular complexity index is 1140. The lowest BCUT2D eigenvalue weighted by molar-refractivity contribution is -0.138. The maximum Gasteiger partial charge on any atom is 0.408 e. The predicted molar refractivity (Wildman–Crippen MR) is 143 cm³/mol. The van der Waals surface area contributed by atoms with Gasteiger partial charge in [0.05, 0.1) is 5.69 Å². The number of nitrogens with zero attached hydrogens (tertiary/aromatic N) is 2. The van der Waals surface area contributed by atoms with E-state index in [1.54, 1.807) is 49.9 Å². The molecule has 1 heterocycles. The highest BCUT2D eigenvalue weighted by Crippen LogP contribution is 2.28. The molecule has 1 saturated heterocycles. The van der Waals surface area contributed by atoms with Gasteiger partial charge in [-0.15, -0.1) is 0 Å². The van der Waals surface area contributed by atoms with E-state index in [2.05, 4.69) is 15.5 Å². The summed E-state index contributed by atoms with van der Waals surface area (Å²) in [5, 5.41) is 5.39. The van der Waals surface area contributed by atoms with Gasteiger partial charge in [-0.2, -0.15) is 0 Å². The molecule has 11 heteroatoms. The molecule has 3 amide bonds. The third-order valence-electron chi connectivity index (χ3n) is 5.71. The van der Waals surface area contributed by atoms with Crippen LogP contribution in [0.3, 0.4) is 0 Å². The Morgan fingerprint density at radius 1 is 1.11 bits per heavy atom. The van der Waals surface area contributed by atoms with Gasteiger partial charge in [0.1, 0.15) is 23.7 Å². The van der Waals surface area contributed by atoms with Crippen molar-refractivity contribution in [3.63, 3.8) is 0 Å². The van der Waals surface area contributed by atoms with Crippen LogP contribution in [0.25, 0.3) is 0 Å². The molecule has 0 saturated carbocycles. The summed E-state index contributed by atoms with van der Waals surface area (Å²) < 4.78 is 24.0. The lowest BCUT2D eigenvalue weighted by Gasteiger charge is -2.39. The Labute approximate surface area is 227 Å². The Hall–Kier alpha value is -3.37. The van der Waals surface area contributed by atoms with Crippen LogP contribution < -0.4 is 15.4 Å². The molecule has 2 aromatic rings. The number of anilines is 1. The fourth-order valence-corrected chi connectivity index (χ4v) is 4.18. The van der Waals surface area contributed by atoms with E-state index in [0.717, 1.165) is 5.56 Å². The molecular weight excluding hydrogens is 515 g/mol. The summed E-state index contributed by atoms with van der Waals surface area (Å²) in [6, 6.07) is 11.0. The van der Waals surface area contributed by atoms with Crippen molar-refractivity contribution in [2.45, 2.75) is 45.9 Å². The molecule has 1 aliphatic rings. The van der Waals surface area contributed by atoms with Crippen molar-refractivity contribution in [2.24, 2.45) is 0 Å². The zero-order chi connectivity index (χ0) is 27.9. The number of hydrogen-bond donors (Lipinski definition) is 2. The lowest BCUT2D eigenvalue weighted by atomic mass is 10.1. The van der Waals surface area contributed by atoms with E-state index >= 15 is 0 Å². The molecule has 2 aromatic carbocycles. The van der Waals surface area contributed by atoms with Crippen LogP contribution in [0.1, 0.15) is 33.3 Å². The van der Waals surface area contributed by atoms with Gasteiger partial charge in [-0.25, -0.2) is 9.18 Å². The molecule has 0 aromatic heterocycles. The maximum atomic E-state index is 13.2. The zero-order valence-corrected chi connectivity index (χ0v) is 22.8. The van der Waals surface area contributed by atoms with Crippen LogP contribution in [0, 0.1) is 5.82 Å². The molecule has 0 bridgehead atoms. The number of piperazine rings is 1. The number of carbonyl (C=O) groups excluding carboxylic acids is 3. The minimum atomic E-state index is -0.715. The second-order valence-electron chi connectivity index (χ2n) is 10.1. The number of nitrogens with one attached hydrogen (secondary N) is 2. The highest BCUT2D eigenvalue weighted by atomic mass is 35.5. The molecule has 0 radical (unpaired) electrons. The number of benzene rings is 2. The molecule has 206 valence electrons. The summed E-state index contributed by atoms with van der Waals surface area (Å²) >= 11 is 6.09. The first-order valence-corrected chi connectivity index (χ1v) is 12.7. The Morgan fingerprint density at radius 2 is 1.82 bits per heavy atom. The van der Waals surface area contributed by atoms with Crippen molar-refractivity contribution < 1.29 is 28.2 Å². The molecule has 2 N–H and O–H groups in total. The van der Waals surface area contributed by atoms with Gasteiger partial charge in [0, 0.05) is 37.2 Å². The molecule has 1 aliphatic heterocycles. The van der Waals surface area contributed by atoms with Gasteiger partial charge in [-0.05, 0) is 63.6 Å². The molecular formula is C27H34ClFN4O5. The highest BCUT2D eigenvalue weighted by molar-refractivity contribution is 6.31. The number of amides is 3. The van der Waals surface area contributed by atoms with Crippen molar-refractivity contribution >= 4 is 35.2 Å². The quantitative estimate of drug-likeness (QED) is 0.516.